The minimum atomic E-state index is -0.389. The lowest BCUT2D eigenvalue weighted by Gasteiger charge is -2.09. The van der Waals surface area contributed by atoms with Gasteiger partial charge in [0, 0.05) is 5.02 Å². The maximum Gasteiger partial charge on any atom is 0.263 e. The summed E-state index contributed by atoms with van der Waals surface area (Å²) in [6, 6.07) is 7.03. The van der Waals surface area contributed by atoms with Crippen LogP contribution in [0.2, 0.25) is 5.02 Å². The number of carbonyl (C=O) groups excluding carboxylic acids is 1. The molecule has 0 radical (unpaired) electrons. The molecule has 0 aliphatic carbocycles. The van der Waals surface area contributed by atoms with Gasteiger partial charge in [0.2, 0.25) is 0 Å². The molecule has 1 aromatic carbocycles. The average molecular weight is 291 g/mol. The van der Waals surface area contributed by atoms with Gasteiger partial charge in [-0.3, -0.25) is 9.89 Å². The molecule has 0 spiro atoms. The Morgan fingerprint density at radius 1 is 1.60 bits per heavy atom. The highest BCUT2D eigenvalue weighted by molar-refractivity contribution is 6.30. The number of rotatable bonds is 4. The number of ether oxygens (including phenoxy) is 1. The number of H-pyrrole nitrogens is 1. The molecule has 1 aromatic heterocycles. The number of hydrogen-bond donors (Lipinski definition) is 2. The molecule has 0 aliphatic heterocycles. The van der Waals surface area contributed by atoms with Gasteiger partial charge in [0.1, 0.15) is 23.2 Å². The zero-order valence-corrected chi connectivity index (χ0v) is 11.4. The SMILES string of the molecule is Cc1cc(Cl)ccc1OCC(=O)Nc1[nH]ncc1C#N. The summed E-state index contributed by atoms with van der Waals surface area (Å²) in [6.45, 7) is 1.66. The van der Waals surface area contributed by atoms with Crippen molar-refractivity contribution in [2.75, 3.05) is 11.9 Å². The lowest BCUT2D eigenvalue weighted by Crippen LogP contribution is -2.21. The smallest absolute Gasteiger partial charge is 0.263 e. The molecule has 6 nitrogen and oxygen atoms in total. The average Bonchev–Trinajstić information content (AvgIpc) is 2.85. The zero-order valence-electron chi connectivity index (χ0n) is 10.6. The summed E-state index contributed by atoms with van der Waals surface area (Å²) in [5.41, 5.74) is 1.10. The lowest BCUT2D eigenvalue weighted by atomic mass is 10.2. The molecule has 0 atom stereocenters. The first kappa shape index (κ1) is 13.9. The molecule has 0 bridgehead atoms. The van der Waals surface area contributed by atoms with E-state index in [9.17, 15) is 4.79 Å². The maximum absolute atomic E-state index is 11.7. The summed E-state index contributed by atoms with van der Waals surface area (Å²) in [4.78, 5) is 11.7. The van der Waals surface area contributed by atoms with E-state index >= 15 is 0 Å². The molecule has 0 saturated carbocycles. The molecule has 7 heteroatoms. The summed E-state index contributed by atoms with van der Waals surface area (Å²) < 4.78 is 5.39. The van der Waals surface area contributed by atoms with E-state index in [0.717, 1.165) is 5.56 Å². The van der Waals surface area contributed by atoms with Crippen molar-refractivity contribution in [2.45, 2.75) is 6.92 Å². The normalized spacial score (nSPS) is 9.85. The first-order chi connectivity index (χ1) is 9.60. The predicted molar refractivity (Wildman–Crippen MR) is 73.6 cm³/mol. The molecule has 20 heavy (non-hydrogen) atoms. The number of hydrogen-bond acceptors (Lipinski definition) is 4. The van der Waals surface area contributed by atoms with Gasteiger partial charge in [-0.05, 0) is 30.7 Å². The quantitative estimate of drug-likeness (QED) is 0.903. The molecular weight excluding hydrogens is 280 g/mol. The largest absolute Gasteiger partial charge is 0.483 e. The summed E-state index contributed by atoms with van der Waals surface area (Å²) in [5.74, 6) is 0.448. The van der Waals surface area contributed by atoms with E-state index in [1.54, 1.807) is 18.2 Å². The molecule has 2 N–H and O–H groups in total. The molecule has 1 heterocycles. The first-order valence-corrected chi connectivity index (χ1v) is 6.10. The number of aromatic amines is 1. The van der Waals surface area contributed by atoms with Gasteiger partial charge >= 0.3 is 0 Å². The third-order valence-corrected chi connectivity index (χ3v) is 2.76. The number of benzene rings is 1. The first-order valence-electron chi connectivity index (χ1n) is 5.72. The molecule has 102 valence electrons. The van der Waals surface area contributed by atoms with E-state index in [1.807, 2.05) is 13.0 Å². The van der Waals surface area contributed by atoms with Crippen LogP contribution >= 0.6 is 11.6 Å². The van der Waals surface area contributed by atoms with Crippen LogP contribution in [-0.4, -0.2) is 22.7 Å². The van der Waals surface area contributed by atoms with Gasteiger partial charge in [0.15, 0.2) is 6.61 Å². The number of carbonyl (C=O) groups is 1. The monoisotopic (exact) mass is 290 g/mol. The Bertz CT molecular complexity index is 675. The highest BCUT2D eigenvalue weighted by Gasteiger charge is 2.10. The van der Waals surface area contributed by atoms with Gasteiger partial charge in [0.05, 0.1) is 6.20 Å². The molecular formula is C13H11ClN4O2. The number of aromatic nitrogens is 2. The number of aryl methyl sites for hydroxylation is 1. The van der Waals surface area contributed by atoms with Gasteiger partial charge in [-0.25, -0.2) is 0 Å². The molecule has 1 amide bonds. The predicted octanol–water partition coefficient (Wildman–Crippen LogP) is 2.26. The molecule has 0 unspecified atom stereocenters. The van der Waals surface area contributed by atoms with Crippen LogP contribution in [-0.2, 0) is 4.79 Å². The van der Waals surface area contributed by atoms with Crippen molar-refractivity contribution in [1.82, 2.24) is 10.2 Å². The van der Waals surface area contributed by atoms with Crippen LogP contribution in [0.15, 0.2) is 24.4 Å². The topological polar surface area (TPSA) is 90.8 Å². The second kappa shape index (κ2) is 6.08. The number of nitrogens with zero attached hydrogens (tertiary/aromatic N) is 2. The van der Waals surface area contributed by atoms with Gasteiger partial charge < -0.3 is 10.1 Å². The molecule has 2 aromatic rings. The lowest BCUT2D eigenvalue weighted by molar-refractivity contribution is -0.118. The van der Waals surface area contributed by atoms with E-state index in [1.165, 1.54) is 6.20 Å². The second-order valence-corrected chi connectivity index (χ2v) is 4.45. The summed E-state index contributed by atoms with van der Waals surface area (Å²) in [6.07, 6.45) is 1.33. The molecule has 0 aliphatic rings. The fourth-order valence-corrected chi connectivity index (χ4v) is 1.79. The number of amides is 1. The van der Waals surface area contributed by atoms with E-state index in [0.29, 0.717) is 10.8 Å². The van der Waals surface area contributed by atoms with E-state index in [4.69, 9.17) is 21.6 Å². The van der Waals surface area contributed by atoms with Crippen LogP contribution in [0.5, 0.6) is 5.75 Å². The second-order valence-electron chi connectivity index (χ2n) is 4.02. The fourth-order valence-electron chi connectivity index (χ4n) is 1.56. The van der Waals surface area contributed by atoms with E-state index < -0.39 is 0 Å². The fraction of sp³-hybridized carbons (Fsp3) is 0.154. The Morgan fingerprint density at radius 2 is 2.40 bits per heavy atom. The van der Waals surface area contributed by atoms with E-state index in [-0.39, 0.29) is 23.9 Å². The number of nitriles is 1. The van der Waals surface area contributed by atoms with Gasteiger partial charge in [-0.1, -0.05) is 11.6 Å². The Labute approximate surface area is 120 Å². The van der Waals surface area contributed by atoms with Crippen LogP contribution in [0, 0.1) is 18.3 Å². The van der Waals surface area contributed by atoms with Gasteiger partial charge in [-0.15, -0.1) is 0 Å². The van der Waals surface area contributed by atoms with Crippen LogP contribution in [0.1, 0.15) is 11.1 Å². The third kappa shape index (κ3) is 3.28. The van der Waals surface area contributed by atoms with Crippen molar-refractivity contribution < 1.29 is 9.53 Å². The van der Waals surface area contributed by atoms with Crippen molar-refractivity contribution >= 4 is 23.3 Å². The molecule has 2 rings (SSSR count). The summed E-state index contributed by atoms with van der Waals surface area (Å²) >= 11 is 5.83. The summed E-state index contributed by atoms with van der Waals surface area (Å²) in [5, 5.41) is 18.1. The Morgan fingerprint density at radius 3 is 3.10 bits per heavy atom. The zero-order chi connectivity index (χ0) is 14.5. The van der Waals surface area contributed by atoms with Crippen LogP contribution in [0.25, 0.3) is 0 Å². The van der Waals surface area contributed by atoms with Crippen LogP contribution in [0.4, 0.5) is 5.82 Å². The number of nitrogens with one attached hydrogen (secondary N) is 2. The minimum absolute atomic E-state index is 0.174. The van der Waals surface area contributed by atoms with Gasteiger partial charge in [0.25, 0.3) is 5.91 Å². The molecule has 0 fully saturated rings. The van der Waals surface area contributed by atoms with Crippen LogP contribution in [0.3, 0.4) is 0 Å². The third-order valence-electron chi connectivity index (χ3n) is 2.52. The maximum atomic E-state index is 11.7. The Balaban J connectivity index is 1.94. The highest BCUT2D eigenvalue weighted by atomic mass is 35.5. The minimum Gasteiger partial charge on any atom is -0.483 e. The highest BCUT2D eigenvalue weighted by Crippen LogP contribution is 2.21. The standard InChI is InChI=1S/C13H11ClN4O2/c1-8-4-10(14)2-3-11(8)20-7-12(19)17-13-9(5-15)6-16-18-13/h2-4,6H,7H2,1H3,(H2,16,17,18,19). The van der Waals surface area contributed by atoms with E-state index in [2.05, 4.69) is 15.5 Å². The Hall–Kier alpha value is -2.52. The van der Waals surface area contributed by atoms with Crippen molar-refractivity contribution in [3.05, 3.63) is 40.5 Å². The van der Waals surface area contributed by atoms with Gasteiger partial charge in [-0.2, -0.15) is 10.4 Å². The van der Waals surface area contributed by atoms with Crippen molar-refractivity contribution in [3.63, 3.8) is 0 Å². The summed E-state index contributed by atoms with van der Waals surface area (Å²) in [7, 11) is 0. The van der Waals surface area contributed by atoms with Crippen molar-refractivity contribution in [2.24, 2.45) is 0 Å². The number of halogens is 1. The van der Waals surface area contributed by atoms with Crippen LogP contribution < -0.4 is 10.1 Å². The van der Waals surface area contributed by atoms with Crippen molar-refractivity contribution in [1.29, 1.82) is 5.26 Å². The number of anilines is 1. The van der Waals surface area contributed by atoms with Crippen molar-refractivity contribution in [3.8, 4) is 11.8 Å². The molecule has 0 saturated heterocycles. The Kier molecular flexibility index (Phi) is 4.23.